The van der Waals surface area contributed by atoms with E-state index < -0.39 is 0 Å². The maximum Gasteiger partial charge on any atom is 0.0596 e. The molecule has 1 unspecified atom stereocenters. The largest absolute Gasteiger partial charge is 0.329 e. The van der Waals surface area contributed by atoms with E-state index in [1.165, 1.54) is 16.8 Å². The lowest BCUT2D eigenvalue weighted by Crippen LogP contribution is -2.17. The monoisotopic (exact) mass is 271 g/mol. The van der Waals surface area contributed by atoms with Crippen LogP contribution in [0.25, 0.3) is 0 Å². The van der Waals surface area contributed by atoms with Gasteiger partial charge in [-0.2, -0.15) is 5.10 Å². The van der Waals surface area contributed by atoms with Gasteiger partial charge in [0.1, 0.15) is 0 Å². The molecule has 0 spiro atoms. The molecule has 1 heterocycles. The Kier molecular flexibility index (Phi) is 4.00. The van der Waals surface area contributed by atoms with Crippen molar-refractivity contribution in [3.05, 3.63) is 52.8 Å². The van der Waals surface area contributed by atoms with E-state index >= 15 is 0 Å². The highest BCUT2D eigenvalue weighted by Gasteiger charge is 2.18. The van der Waals surface area contributed by atoms with Crippen LogP contribution in [0.2, 0.25) is 0 Å². The van der Waals surface area contributed by atoms with E-state index in [4.69, 9.17) is 5.73 Å². The molecule has 2 aromatic rings. The van der Waals surface area contributed by atoms with E-state index in [9.17, 15) is 0 Å². The predicted molar refractivity (Wildman–Crippen MR) is 84.0 cm³/mol. The fourth-order valence-electron chi connectivity index (χ4n) is 2.60. The molecule has 108 valence electrons. The fraction of sp³-hybridized carbons (Fsp3) is 0.471. The van der Waals surface area contributed by atoms with Gasteiger partial charge in [-0.3, -0.25) is 4.68 Å². The molecule has 0 aliphatic carbocycles. The molecule has 0 saturated heterocycles. The van der Waals surface area contributed by atoms with Gasteiger partial charge in [0.05, 0.1) is 5.69 Å². The third-order valence-electron chi connectivity index (χ3n) is 3.81. The van der Waals surface area contributed by atoms with Crippen molar-refractivity contribution in [2.75, 3.05) is 6.54 Å². The first kappa shape index (κ1) is 14.8. The van der Waals surface area contributed by atoms with Crippen molar-refractivity contribution in [2.45, 2.75) is 39.0 Å². The Bertz CT molecular complexity index is 573. The van der Waals surface area contributed by atoms with Gasteiger partial charge < -0.3 is 5.73 Å². The van der Waals surface area contributed by atoms with Crippen LogP contribution < -0.4 is 5.73 Å². The average molecular weight is 271 g/mol. The van der Waals surface area contributed by atoms with Crippen molar-refractivity contribution in [3.63, 3.8) is 0 Å². The molecule has 20 heavy (non-hydrogen) atoms. The Labute approximate surface area is 121 Å². The van der Waals surface area contributed by atoms with E-state index in [0.717, 1.165) is 5.69 Å². The molecule has 3 nitrogen and oxygen atoms in total. The molecule has 0 amide bonds. The molecule has 3 heteroatoms. The molecule has 2 rings (SSSR count). The SMILES string of the molecule is Cc1cc(C(CN)c2ccc(C(C)(C)C)cc2)n(C)n1. The molecule has 1 aromatic carbocycles. The van der Waals surface area contributed by atoms with Crippen molar-refractivity contribution >= 4 is 0 Å². The first-order chi connectivity index (χ1) is 9.32. The van der Waals surface area contributed by atoms with Crippen LogP contribution in [0.1, 0.15) is 49.2 Å². The van der Waals surface area contributed by atoms with Crippen molar-refractivity contribution < 1.29 is 0 Å². The highest BCUT2D eigenvalue weighted by atomic mass is 15.3. The molecule has 0 bridgehead atoms. The lowest BCUT2D eigenvalue weighted by atomic mass is 9.85. The zero-order valence-corrected chi connectivity index (χ0v) is 13.1. The van der Waals surface area contributed by atoms with Crippen LogP contribution in [0.15, 0.2) is 30.3 Å². The second-order valence-electron chi connectivity index (χ2n) is 6.49. The molecule has 0 saturated carbocycles. The Balaban J connectivity index is 2.35. The van der Waals surface area contributed by atoms with Crippen molar-refractivity contribution in [1.29, 1.82) is 0 Å². The molecule has 0 aliphatic rings. The third kappa shape index (κ3) is 2.93. The van der Waals surface area contributed by atoms with Crippen LogP contribution >= 0.6 is 0 Å². The van der Waals surface area contributed by atoms with Crippen LogP contribution in [0.5, 0.6) is 0 Å². The summed E-state index contributed by atoms with van der Waals surface area (Å²) in [5.74, 6) is 0.204. The van der Waals surface area contributed by atoms with Gasteiger partial charge >= 0.3 is 0 Å². The van der Waals surface area contributed by atoms with Crippen molar-refractivity contribution in [2.24, 2.45) is 12.8 Å². The third-order valence-corrected chi connectivity index (χ3v) is 3.81. The number of aryl methyl sites for hydroxylation is 2. The summed E-state index contributed by atoms with van der Waals surface area (Å²) >= 11 is 0. The smallest absolute Gasteiger partial charge is 0.0596 e. The maximum atomic E-state index is 6.00. The molecular formula is C17H25N3. The molecule has 0 aliphatic heterocycles. The number of aromatic nitrogens is 2. The van der Waals surface area contributed by atoms with Gasteiger partial charge in [-0.1, -0.05) is 45.0 Å². The Morgan fingerprint density at radius 1 is 1.20 bits per heavy atom. The minimum atomic E-state index is 0.180. The van der Waals surface area contributed by atoms with Crippen LogP contribution in [0.4, 0.5) is 0 Å². The summed E-state index contributed by atoms with van der Waals surface area (Å²) in [6, 6.07) is 10.9. The van der Waals surface area contributed by atoms with E-state index in [-0.39, 0.29) is 11.3 Å². The summed E-state index contributed by atoms with van der Waals surface area (Å²) in [6.45, 7) is 9.29. The lowest BCUT2D eigenvalue weighted by Gasteiger charge is -2.21. The Morgan fingerprint density at radius 3 is 2.20 bits per heavy atom. The fourth-order valence-corrected chi connectivity index (χ4v) is 2.60. The number of hydrogen-bond acceptors (Lipinski definition) is 2. The summed E-state index contributed by atoms with van der Waals surface area (Å²) < 4.78 is 1.94. The van der Waals surface area contributed by atoms with Gasteiger partial charge in [0.15, 0.2) is 0 Å². The highest BCUT2D eigenvalue weighted by molar-refractivity contribution is 5.34. The van der Waals surface area contributed by atoms with Gasteiger partial charge in [0.25, 0.3) is 0 Å². The summed E-state index contributed by atoms with van der Waals surface area (Å²) in [5.41, 5.74) is 11.0. The van der Waals surface area contributed by atoms with Crippen molar-refractivity contribution in [3.8, 4) is 0 Å². The summed E-state index contributed by atoms with van der Waals surface area (Å²) in [6.07, 6.45) is 0. The average Bonchev–Trinajstić information content (AvgIpc) is 2.69. The topological polar surface area (TPSA) is 43.8 Å². The first-order valence-corrected chi connectivity index (χ1v) is 7.14. The standard InChI is InChI=1S/C17H25N3/c1-12-10-16(20(5)19-12)15(11-18)13-6-8-14(9-7-13)17(2,3)4/h6-10,15H,11,18H2,1-5H3. The molecule has 0 fully saturated rings. The van der Waals surface area contributed by atoms with Gasteiger partial charge in [0.2, 0.25) is 0 Å². The van der Waals surface area contributed by atoms with Crippen LogP contribution in [0.3, 0.4) is 0 Å². The number of hydrogen-bond donors (Lipinski definition) is 1. The zero-order chi connectivity index (χ0) is 14.9. The maximum absolute atomic E-state index is 6.00. The van der Waals surface area contributed by atoms with E-state index in [1.54, 1.807) is 0 Å². The Morgan fingerprint density at radius 2 is 1.80 bits per heavy atom. The molecule has 0 radical (unpaired) electrons. The van der Waals surface area contributed by atoms with Gasteiger partial charge in [-0.15, -0.1) is 0 Å². The van der Waals surface area contributed by atoms with Crippen LogP contribution in [-0.2, 0) is 12.5 Å². The van der Waals surface area contributed by atoms with E-state index in [0.29, 0.717) is 6.54 Å². The lowest BCUT2D eigenvalue weighted by molar-refractivity contribution is 0.589. The molecule has 1 atom stereocenters. The van der Waals surface area contributed by atoms with E-state index in [2.05, 4.69) is 56.2 Å². The minimum Gasteiger partial charge on any atom is -0.329 e. The second kappa shape index (κ2) is 5.41. The van der Waals surface area contributed by atoms with E-state index in [1.807, 2.05) is 18.7 Å². The molecular weight excluding hydrogens is 246 g/mol. The zero-order valence-electron chi connectivity index (χ0n) is 13.1. The Hall–Kier alpha value is -1.61. The molecule has 2 N–H and O–H groups in total. The number of rotatable bonds is 3. The normalized spacial score (nSPS) is 13.5. The van der Waals surface area contributed by atoms with Gasteiger partial charge in [-0.25, -0.2) is 0 Å². The number of nitrogens with two attached hydrogens (primary N) is 1. The van der Waals surface area contributed by atoms with Gasteiger partial charge in [-0.05, 0) is 29.5 Å². The molecule has 1 aromatic heterocycles. The summed E-state index contributed by atoms with van der Waals surface area (Å²) in [7, 11) is 1.98. The summed E-state index contributed by atoms with van der Waals surface area (Å²) in [4.78, 5) is 0. The van der Waals surface area contributed by atoms with Crippen LogP contribution in [0, 0.1) is 6.92 Å². The predicted octanol–water partition coefficient (Wildman–Crippen LogP) is 3.12. The minimum absolute atomic E-state index is 0.180. The van der Waals surface area contributed by atoms with Crippen LogP contribution in [-0.4, -0.2) is 16.3 Å². The number of nitrogens with zero attached hydrogens (tertiary/aromatic N) is 2. The van der Waals surface area contributed by atoms with Crippen molar-refractivity contribution in [1.82, 2.24) is 9.78 Å². The number of benzene rings is 1. The summed E-state index contributed by atoms with van der Waals surface area (Å²) in [5, 5.41) is 4.42. The first-order valence-electron chi connectivity index (χ1n) is 7.14. The van der Waals surface area contributed by atoms with Gasteiger partial charge in [0, 0.05) is 25.2 Å². The second-order valence-corrected chi connectivity index (χ2v) is 6.49. The quantitative estimate of drug-likeness (QED) is 0.932. The highest BCUT2D eigenvalue weighted by Crippen LogP contribution is 2.27.